The molecule has 7 heteroatoms. The highest BCUT2D eigenvalue weighted by atomic mass is 35.5. The van der Waals surface area contributed by atoms with E-state index in [1.807, 2.05) is 81.4 Å². The Morgan fingerprint density at radius 3 is 1.83 bits per heavy atom. The predicted molar refractivity (Wildman–Crippen MR) is 124 cm³/mol. The second-order valence-corrected chi connectivity index (χ2v) is 10.8. The summed E-state index contributed by atoms with van der Waals surface area (Å²) in [5.74, 6) is 0. The lowest BCUT2D eigenvalue weighted by Crippen LogP contribution is -2.47. The minimum atomic E-state index is -1.68. The highest BCUT2D eigenvalue weighted by Gasteiger charge is 2.37. The minimum absolute atomic E-state index is 0.0231. The maximum atomic E-state index is 11.5. The lowest BCUT2D eigenvalue weighted by molar-refractivity contribution is -0.384. The van der Waals surface area contributed by atoms with Crippen molar-refractivity contribution >= 4 is 48.3 Å². The molecule has 1 unspecified atom stereocenters. The molecule has 30 heavy (non-hydrogen) atoms. The molecule has 0 aliphatic rings. The first-order valence-electron chi connectivity index (χ1n) is 9.47. The molecule has 155 valence electrons. The number of rotatable bonds is 6. The molecule has 0 spiro atoms. The highest BCUT2D eigenvalue weighted by molar-refractivity contribution is 6.80. The molecular formula is C23H22Cl2NO3Si. The van der Waals surface area contributed by atoms with Gasteiger partial charge in [0, 0.05) is 16.7 Å². The van der Waals surface area contributed by atoms with Crippen LogP contribution in [0, 0.1) is 15.5 Å². The zero-order valence-electron chi connectivity index (χ0n) is 16.9. The largest absolute Gasteiger partial charge is 0.400 e. The highest BCUT2D eigenvalue weighted by Crippen LogP contribution is 2.45. The molecule has 0 saturated heterocycles. The number of halogens is 2. The maximum Gasteiger partial charge on any atom is 0.288 e. The van der Waals surface area contributed by atoms with Crippen molar-refractivity contribution in [3.63, 3.8) is 0 Å². The summed E-state index contributed by atoms with van der Waals surface area (Å²) in [5, 5.41) is 14.0. The molecule has 0 aliphatic heterocycles. The normalized spacial score (nSPS) is 12.7. The summed E-state index contributed by atoms with van der Waals surface area (Å²) in [6.07, 6.45) is -0.549. The van der Waals surface area contributed by atoms with Gasteiger partial charge in [-0.3, -0.25) is 10.1 Å². The Bertz CT molecular complexity index is 984. The summed E-state index contributed by atoms with van der Waals surface area (Å²) < 4.78 is 6.78. The molecule has 0 fully saturated rings. The summed E-state index contributed by atoms with van der Waals surface area (Å²) in [6, 6.07) is 22.8. The van der Waals surface area contributed by atoms with Gasteiger partial charge in [-0.25, -0.2) is 0 Å². The van der Waals surface area contributed by atoms with Crippen LogP contribution in [0.1, 0.15) is 32.4 Å². The van der Waals surface area contributed by atoms with Gasteiger partial charge in [0.05, 0.1) is 11.0 Å². The van der Waals surface area contributed by atoms with Crippen LogP contribution >= 0.6 is 23.2 Å². The van der Waals surface area contributed by atoms with Crippen LogP contribution in [-0.2, 0) is 4.43 Å². The van der Waals surface area contributed by atoms with Crippen molar-refractivity contribution in [2.75, 3.05) is 0 Å². The van der Waals surface area contributed by atoms with Gasteiger partial charge in [-0.05, 0) is 21.9 Å². The van der Waals surface area contributed by atoms with E-state index in [1.165, 1.54) is 12.1 Å². The zero-order chi connectivity index (χ0) is 21.9. The average Bonchev–Trinajstić information content (AvgIpc) is 2.70. The predicted octanol–water partition coefficient (Wildman–Crippen LogP) is 5.81. The summed E-state index contributed by atoms with van der Waals surface area (Å²) >= 11 is 13.0. The van der Waals surface area contributed by atoms with E-state index in [4.69, 9.17) is 27.6 Å². The van der Waals surface area contributed by atoms with E-state index in [0.29, 0.717) is 10.6 Å². The molecule has 0 bridgehead atoms. The molecule has 0 heterocycles. The van der Waals surface area contributed by atoms with Gasteiger partial charge in [-0.2, -0.15) is 0 Å². The first-order chi connectivity index (χ1) is 14.2. The van der Waals surface area contributed by atoms with Gasteiger partial charge >= 0.3 is 0 Å². The van der Waals surface area contributed by atoms with Crippen LogP contribution in [-0.4, -0.2) is 14.0 Å². The number of nitrogens with zero attached hydrogens (tertiary/aromatic N) is 1. The van der Waals surface area contributed by atoms with Crippen molar-refractivity contribution in [1.29, 1.82) is 0 Å². The van der Waals surface area contributed by atoms with Crippen LogP contribution in [0.4, 0.5) is 5.69 Å². The molecule has 0 amide bonds. The molecule has 0 N–H and O–H groups in total. The van der Waals surface area contributed by atoms with Gasteiger partial charge in [-0.1, -0.05) is 105 Å². The molecule has 0 aliphatic carbocycles. The van der Waals surface area contributed by atoms with Gasteiger partial charge in [0.15, 0.2) is 0 Å². The Balaban J connectivity index is 2.15. The second kappa shape index (κ2) is 9.31. The van der Waals surface area contributed by atoms with Crippen LogP contribution in [0.15, 0.2) is 72.8 Å². The third-order valence-corrected chi connectivity index (χ3v) is 7.57. The number of benzene rings is 3. The SMILES string of the molecule is CC(C)(C)C(O[Si](c1ccccc1)c1ccccc1)c1c(Cl)ccc([N+](=O)[O-])c1Cl. The summed E-state index contributed by atoms with van der Waals surface area (Å²) in [7, 11) is -1.68. The molecule has 1 atom stereocenters. The third kappa shape index (κ3) is 4.93. The van der Waals surface area contributed by atoms with E-state index in [-0.39, 0.29) is 10.7 Å². The lowest BCUT2D eigenvalue weighted by atomic mass is 9.84. The van der Waals surface area contributed by atoms with Crippen LogP contribution in [0.5, 0.6) is 0 Å². The molecular weight excluding hydrogens is 437 g/mol. The van der Waals surface area contributed by atoms with Gasteiger partial charge < -0.3 is 4.43 Å². The van der Waals surface area contributed by atoms with Crippen LogP contribution < -0.4 is 10.4 Å². The second-order valence-electron chi connectivity index (χ2n) is 7.98. The van der Waals surface area contributed by atoms with Crippen molar-refractivity contribution in [3.05, 3.63) is 98.5 Å². The van der Waals surface area contributed by atoms with E-state index in [0.717, 1.165) is 10.4 Å². The topological polar surface area (TPSA) is 52.4 Å². The first-order valence-corrected chi connectivity index (χ1v) is 11.6. The molecule has 3 aromatic carbocycles. The van der Waals surface area contributed by atoms with E-state index >= 15 is 0 Å². The van der Waals surface area contributed by atoms with Gasteiger partial charge in [0.2, 0.25) is 0 Å². The van der Waals surface area contributed by atoms with E-state index in [1.54, 1.807) is 0 Å². The quantitative estimate of drug-likeness (QED) is 0.266. The smallest absolute Gasteiger partial charge is 0.288 e. The molecule has 3 aromatic rings. The van der Waals surface area contributed by atoms with Crippen molar-refractivity contribution in [1.82, 2.24) is 0 Å². The minimum Gasteiger partial charge on any atom is -0.400 e. The van der Waals surface area contributed by atoms with E-state index in [2.05, 4.69) is 0 Å². The summed E-state index contributed by atoms with van der Waals surface area (Å²) in [6.45, 7) is 6.04. The summed E-state index contributed by atoms with van der Waals surface area (Å²) in [4.78, 5) is 11.0. The van der Waals surface area contributed by atoms with Crippen molar-refractivity contribution in [2.45, 2.75) is 26.9 Å². The molecule has 1 radical (unpaired) electrons. The molecule has 3 rings (SSSR count). The van der Waals surface area contributed by atoms with Gasteiger partial charge in [0.1, 0.15) is 5.02 Å². The number of nitro benzene ring substituents is 1. The molecule has 0 saturated carbocycles. The number of hydrogen-bond donors (Lipinski definition) is 0. The van der Waals surface area contributed by atoms with E-state index < -0.39 is 25.5 Å². The summed E-state index contributed by atoms with van der Waals surface area (Å²) in [5.41, 5.74) is -0.140. The fourth-order valence-corrected chi connectivity index (χ4v) is 6.15. The Kier molecular flexibility index (Phi) is 6.98. The Morgan fingerprint density at radius 1 is 0.900 bits per heavy atom. The van der Waals surface area contributed by atoms with Crippen LogP contribution in [0.2, 0.25) is 10.0 Å². The van der Waals surface area contributed by atoms with Crippen molar-refractivity contribution < 1.29 is 9.35 Å². The Morgan fingerprint density at radius 2 is 1.40 bits per heavy atom. The third-order valence-electron chi connectivity index (χ3n) is 4.66. The monoisotopic (exact) mass is 458 g/mol. The van der Waals surface area contributed by atoms with Gasteiger partial charge in [0.25, 0.3) is 14.7 Å². The number of nitro groups is 1. The molecule has 0 aromatic heterocycles. The fourth-order valence-electron chi connectivity index (χ4n) is 3.21. The average molecular weight is 459 g/mol. The Labute approximate surface area is 188 Å². The fraction of sp³-hybridized carbons (Fsp3) is 0.217. The molecule has 4 nitrogen and oxygen atoms in total. The zero-order valence-corrected chi connectivity index (χ0v) is 19.4. The lowest BCUT2D eigenvalue weighted by Gasteiger charge is -2.35. The van der Waals surface area contributed by atoms with Crippen LogP contribution in [0.25, 0.3) is 0 Å². The maximum absolute atomic E-state index is 11.5. The van der Waals surface area contributed by atoms with Crippen molar-refractivity contribution in [3.8, 4) is 0 Å². The Hall–Kier alpha value is -2.18. The van der Waals surface area contributed by atoms with E-state index in [9.17, 15) is 10.1 Å². The van der Waals surface area contributed by atoms with Crippen molar-refractivity contribution in [2.24, 2.45) is 5.41 Å². The van der Waals surface area contributed by atoms with Gasteiger partial charge in [-0.15, -0.1) is 0 Å². The first kappa shape index (κ1) is 22.5. The number of hydrogen-bond acceptors (Lipinski definition) is 3. The standard InChI is InChI=1S/C23H22Cl2NO3Si/c1-23(2,3)22(20-18(24)14-15-19(21(20)25)26(27)28)29-30(16-10-6-4-7-11-16)17-12-8-5-9-13-17/h4-15,22H,1-3H3. The van der Waals surface area contributed by atoms with Crippen LogP contribution in [0.3, 0.4) is 0 Å².